The Morgan fingerprint density at radius 2 is 2.18 bits per heavy atom. The number of aromatic hydroxyl groups is 1. The summed E-state index contributed by atoms with van der Waals surface area (Å²) in [5, 5.41) is 9.63. The maximum atomic E-state index is 11.2. The van der Waals surface area contributed by atoms with Crippen molar-refractivity contribution in [3.05, 3.63) is 35.4 Å². The molecule has 90 valence electrons. The van der Waals surface area contributed by atoms with Crippen LogP contribution in [0.5, 0.6) is 5.75 Å². The van der Waals surface area contributed by atoms with Gasteiger partial charge in [0, 0.05) is 12.0 Å². The highest BCUT2D eigenvalue weighted by Crippen LogP contribution is 2.20. The summed E-state index contributed by atoms with van der Waals surface area (Å²) in [6.07, 6.45) is 3.19. The van der Waals surface area contributed by atoms with Crippen molar-refractivity contribution >= 4 is 18.0 Å². The number of phenols is 1. The number of methoxy groups -OCH3 is 1. The van der Waals surface area contributed by atoms with Crippen molar-refractivity contribution < 1.29 is 19.4 Å². The third-order valence-electron chi connectivity index (χ3n) is 2.07. The van der Waals surface area contributed by atoms with Crippen molar-refractivity contribution in [2.24, 2.45) is 5.73 Å². The molecule has 0 aromatic heterocycles. The fraction of sp³-hybridized carbons (Fsp3) is 0.167. The molecule has 17 heavy (non-hydrogen) atoms. The number of esters is 1. The second-order valence-corrected chi connectivity index (χ2v) is 3.34. The highest BCUT2D eigenvalue weighted by atomic mass is 16.5. The SMILES string of the molecule is COC(=O)c1ccc(C=CCC(N)=O)c(O)c1. The largest absolute Gasteiger partial charge is 0.507 e. The summed E-state index contributed by atoms with van der Waals surface area (Å²) in [4.78, 5) is 21.7. The maximum Gasteiger partial charge on any atom is 0.337 e. The highest BCUT2D eigenvalue weighted by molar-refractivity contribution is 5.90. The fourth-order valence-corrected chi connectivity index (χ4v) is 1.23. The zero-order chi connectivity index (χ0) is 12.8. The number of amides is 1. The molecular formula is C12H13NO4. The van der Waals surface area contributed by atoms with Crippen LogP contribution in [-0.4, -0.2) is 24.1 Å². The van der Waals surface area contributed by atoms with E-state index in [9.17, 15) is 14.7 Å². The van der Waals surface area contributed by atoms with Gasteiger partial charge in [-0.25, -0.2) is 4.79 Å². The van der Waals surface area contributed by atoms with E-state index >= 15 is 0 Å². The van der Waals surface area contributed by atoms with Crippen LogP contribution in [0, 0.1) is 0 Å². The third-order valence-corrected chi connectivity index (χ3v) is 2.07. The molecule has 0 bridgehead atoms. The number of benzene rings is 1. The van der Waals surface area contributed by atoms with E-state index in [2.05, 4.69) is 4.74 Å². The van der Waals surface area contributed by atoms with Crippen LogP contribution in [0.1, 0.15) is 22.3 Å². The molecule has 0 atom stereocenters. The quantitative estimate of drug-likeness (QED) is 0.764. The first-order valence-corrected chi connectivity index (χ1v) is 4.90. The lowest BCUT2D eigenvalue weighted by molar-refractivity contribution is -0.117. The van der Waals surface area contributed by atoms with Gasteiger partial charge >= 0.3 is 5.97 Å². The maximum absolute atomic E-state index is 11.2. The second-order valence-electron chi connectivity index (χ2n) is 3.34. The molecule has 5 heteroatoms. The van der Waals surface area contributed by atoms with Gasteiger partial charge in [0.25, 0.3) is 0 Å². The van der Waals surface area contributed by atoms with E-state index in [-0.39, 0.29) is 17.7 Å². The Labute approximate surface area is 98.5 Å². The average molecular weight is 235 g/mol. The number of rotatable bonds is 4. The van der Waals surface area contributed by atoms with Gasteiger partial charge in [0.1, 0.15) is 5.75 Å². The standard InChI is InChI=1S/C12H13NO4/c1-17-12(16)9-6-5-8(10(14)7-9)3-2-4-11(13)15/h2-3,5-7,14H,4H2,1H3,(H2,13,15). The van der Waals surface area contributed by atoms with Crippen molar-refractivity contribution in [1.82, 2.24) is 0 Å². The minimum atomic E-state index is -0.520. The third kappa shape index (κ3) is 3.64. The summed E-state index contributed by atoms with van der Waals surface area (Å²) in [5.74, 6) is -1.03. The van der Waals surface area contributed by atoms with Crippen molar-refractivity contribution in [2.45, 2.75) is 6.42 Å². The minimum absolute atomic E-state index is 0.0615. The van der Waals surface area contributed by atoms with Gasteiger partial charge < -0.3 is 15.6 Å². The molecule has 0 heterocycles. The Kier molecular flexibility index (Phi) is 4.28. The zero-order valence-corrected chi connectivity index (χ0v) is 9.34. The average Bonchev–Trinajstić information content (AvgIpc) is 2.29. The molecule has 0 aliphatic heterocycles. The number of phenolic OH excluding ortho intramolecular Hbond substituents is 1. The van der Waals surface area contributed by atoms with Gasteiger partial charge in [-0.2, -0.15) is 0 Å². The normalized spacial score (nSPS) is 10.4. The predicted octanol–water partition coefficient (Wildman–Crippen LogP) is 1.07. The van der Waals surface area contributed by atoms with Crippen molar-refractivity contribution in [2.75, 3.05) is 7.11 Å². The van der Waals surface area contributed by atoms with Crippen LogP contribution in [0.2, 0.25) is 0 Å². The molecule has 0 unspecified atom stereocenters. The zero-order valence-electron chi connectivity index (χ0n) is 9.34. The molecule has 0 spiro atoms. The van der Waals surface area contributed by atoms with Crippen LogP contribution in [0.25, 0.3) is 6.08 Å². The van der Waals surface area contributed by atoms with Gasteiger partial charge in [-0.3, -0.25) is 4.79 Å². The van der Waals surface area contributed by atoms with Crippen LogP contribution in [-0.2, 0) is 9.53 Å². The molecular weight excluding hydrogens is 222 g/mol. The number of nitrogens with two attached hydrogens (primary N) is 1. The second kappa shape index (κ2) is 5.69. The van der Waals surface area contributed by atoms with E-state index < -0.39 is 11.9 Å². The molecule has 0 fully saturated rings. The molecule has 1 aromatic rings. The first-order valence-electron chi connectivity index (χ1n) is 4.90. The molecule has 0 radical (unpaired) electrons. The van der Waals surface area contributed by atoms with Crippen LogP contribution in [0.15, 0.2) is 24.3 Å². The van der Waals surface area contributed by atoms with E-state index in [0.29, 0.717) is 5.56 Å². The minimum Gasteiger partial charge on any atom is -0.507 e. The Hall–Kier alpha value is -2.30. The van der Waals surface area contributed by atoms with Gasteiger partial charge in [-0.1, -0.05) is 18.2 Å². The number of primary amides is 1. The Bertz CT molecular complexity index is 466. The number of hydrogen-bond donors (Lipinski definition) is 2. The number of hydrogen-bond acceptors (Lipinski definition) is 4. The van der Waals surface area contributed by atoms with E-state index in [1.165, 1.54) is 25.3 Å². The number of carbonyl (C=O) groups excluding carboxylic acids is 2. The first-order chi connectivity index (χ1) is 8.04. The lowest BCUT2D eigenvalue weighted by Gasteiger charge is -2.02. The van der Waals surface area contributed by atoms with Gasteiger partial charge in [-0.15, -0.1) is 0 Å². The van der Waals surface area contributed by atoms with Crippen molar-refractivity contribution in [3.8, 4) is 5.75 Å². The van der Waals surface area contributed by atoms with Crippen LogP contribution >= 0.6 is 0 Å². The molecule has 0 saturated heterocycles. The van der Waals surface area contributed by atoms with Crippen LogP contribution < -0.4 is 5.73 Å². The van der Waals surface area contributed by atoms with E-state index in [1.807, 2.05) is 0 Å². The molecule has 0 saturated carbocycles. The van der Waals surface area contributed by atoms with Gasteiger partial charge in [0.05, 0.1) is 12.7 Å². The molecule has 1 rings (SSSR count). The summed E-state index contributed by atoms with van der Waals surface area (Å²) in [6.45, 7) is 0. The predicted molar refractivity (Wildman–Crippen MR) is 62.3 cm³/mol. The molecule has 0 aliphatic rings. The monoisotopic (exact) mass is 235 g/mol. The summed E-state index contributed by atoms with van der Waals surface area (Å²) < 4.78 is 4.51. The number of carbonyl (C=O) groups is 2. The van der Waals surface area contributed by atoms with Crippen molar-refractivity contribution in [3.63, 3.8) is 0 Å². The van der Waals surface area contributed by atoms with Gasteiger partial charge in [0.2, 0.25) is 5.91 Å². The first kappa shape index (κ1) is 12.8. The summed E-state index contributed by atoms with van der Waals surface area (Å²) in [5.41, 5.74) is 5.72. The van der Waals surface area contributed by atoms with Crippen molar-refractivity contribution in [1.29, 1.82) is 0 Å². The van der Waals surface area contributed by atoms with Crippen LogP contribution in [0.3, 0.4) is 0 Å². The van der Waals surface area contributed by atoms with E-state index in [0.717, 1.165) is 0 Å². The van der Waals surface area contributed by atoms with Gasteiger partial charge in [-0.05, 0) is 12.1 Å². The Morgan fingerprint density at radius 1 is 1.47 bits per heavy atom. The van der Waals surface area contributed by atoms with E-state index in [1.54, 1.807) is 12.1 Å². The number of ether oxygens (including phenoxy) is 1. The molecule has 3 N–H and O–H groups in total. The van der Waals surface area contributed by atoms with E-state index in [4.69, 9.17) is 5.73 Å². The van der Waals surface area contributed by atoms with Crippen LogP contribution in [0.4, 0.5) is 0 Å². The highest BCUT2D eigenvalue weighted by Gasteiger charge is 2.07. The van der Waals surface area contributed by atoms with Gasteiger partial charge in [0.15, 0.2) is 0 Å². The molecule has 5 nitrogen and oxygen atoms in total. The smallest absolute Gasteiger partial charge is 0.337 e. The fourth-order valence-electron chi connectivity index (χ4n) is 1.23. The lowest BCUT2D eigenvalue weighted by atomic mass is 10.1. The Morgan fingerprint density at radius 3 is 2.71 bits per heavy atom. The molecule has 1 aromatic carbocycles. The topological polar surface area (TPSA) is 89.6 Å². The molecule has 1 amide bonds. The summed E-state index contributed by atoms with van der Waals surface area (Å²) >= 11 is 0. The summed E-state index contributed by atoms with van der Waals surface area (Å²) in [7, 11) is 1.26. The lowest BCUT2D eigenvalue weighted by Crippen LogP contribution is -2.07. The molecule has 0 aliphatic carbocycles. The summed E-state index contributed by atoms with van der Waals surface area (Å²) in [6, 6.07) is 4.38. The Balaban J connectivity index is 2.86.